The van der Waals surface area contributed by atoms with Gasteiger partial charge in [-0.25, -0.2) is 0 Å². The van der Waals surface area contributed by atoms with Gasteiger partial charge in [0.25, 0.3) is 0 Å². The number of hydrogen-bond acceptors (Lipinski definition) is 2. The van der Waals surface area contributed by atoms with Gasteiger partial charge in [0.1, 0.15) is 5.41 Å². The molecule has 4 nitrogen and oxygen atoms in total. The Labute approximate surface area is 89.0 Å². The van der Waals surface area contributed by atoms with Gasteiger partial charge in [-0.1, -0.05) is 6.92 Å². The van der Waals surface area contributed by atoms with E-state index in [0.29, 0.717) is 25.3 Å². The van der Waals surface area contributed by atoms with Crippen molar-refractivity contribution in [3.63, 3.8) is 0 Å². The maximum absolute atomic E-state index is 11.6. The highest BCUT2D eigenvalue weighted by Gasteiger charge is 2.57. The van der Waals surface area contributed by atoms with Gasteiger partial charge >= 0.3 is 5.97 Å². The van der Waals surface area contributed by atoms with Gasteiger partial charge in [-0.05, 0) is 37.5 Å². The fourth-order valence-corrected chi connectivity index (χ4v) is 1.92. The van der Waals surface area contributed by atoms with Crippen LogP contribution in [0.2, 0.25) is 0 Å². The summed E-state index contributed by atoms with van der Waals surface area (Å²) in [6, 6.07) is 0. The Morgan fingerprint density at radius 2 is 2.07 bits per heavy atom. The minimum absolute atomic E-state index is 0.289. The van der Waals surface area contributed by atoms with Gasteiger partial charge in [-0.3, -0.25) is 9.59 Å². The molecule has 0 spiro atoms. The molecule has 0 bridgehead atoms. The normalized spacial score (nSPS) is 24.3. The average Bonchev–Trinajstić information content (AvgIpc) is 3.05. The molecule has 1 atom stereocenters. The van der Waals surface area contributed by atoms with E-state index in [2.05, 4.69) is 12.2 Å². The molecule has 84 valence electrons. The van der Waals surface area contributed by atoms with Crippen molar-refractivity contribution in [1.29, 1.82) is 0 Å². The van der Waals surface area contributed by atoms with Crippen molar-refractivity contribution in [2.75, 3.05) is 6.54 Å². The number of rotatable bonds is 5. The summed E-state index contributed by atoms with van der Waals surface area (Å²) in [6.07, 6.45) is 3.49. The zero-order chi connectivity index (χ0) is 11.1. The van der Waals surface area contributed by atoms with Crippen molar-refractivity contribution in [2.45, 2.75) is 32.6 Å². The molecule has 0 aromatic rings. The van der Waals surface area contributed by atoms with Crippen LogP contribution in [-0.2, 0) is 9.59 Å². The van der Waals surface area contributed by atoms with Gasteiger partial charge in [0.2, 0.25) is 5.91 Å². The number of hydrogen-bond donors (Lipinski definition) is 2. The fraction of sp³-hybridized carbons (Fsp3) is 0.818. The molecule has 4 heteroatoms. The number of aliphatic carboxylic acids is 1. The number of nitrogens with one attached hydrogen (secondary N) is 1. The lowest BCUT2D eigenvalue weighted by Gasteiger charge is -2.14. The van der Waals surface area contributed by atoms with Gasteiger partial charge in [-0.15, -0.1) is 0 Å². The fourth-order valence-electron chi connectivity index (χ4n) is 1.92. The Balaban J connectivity index is 1.79. The third-order valence-electron chi connectivity index (χ3n) is 3.61. The van der Waals surface area contributed by atoms with Crippen LogP contribution in [0.1, 0.15) is 32.6 Å². The lowest BCUT2D eigenvalue weighted by atomic mass is 10.0. The summed E-state index contributed by atoms with van der Waals surface area (Å²) in [5, 5.41) is 11.7. The van der Waals surface area contributed by atoms with Crippen molar-refractivity contribution >= 4 is 11.9 Å². The second-order valence-electron chi connectivity index (χ2n) is 4.91. The molecule has 1 amide bonds. The molecule has 2 N–H and O–H groups in total. The van der Waals surface area contributed by atoms with E-state index in [1.165, 1.54) is 12.8 Å². The van der Waals surface area contributed by atoms with Crippen LogP contribution in [0.15, 0.2) is 0 Å². The summed E-state index contributed by atoms with van der Waals surface area (Å²) in [4.78, 5) is 22.5. The Morgan fingerprint density at radius 1 is 1.47 bits per heavy atom. The lowest BCUT2D eigenvalue weighted by Crippen LogP contribution is -2.39. The Kier molecular flexibility index (Phi) is 2.44. The largest absolute Gasteiger partial charge is 0.480 e. The topological polar surface area (TPSA) is 66.4 Å². The van der Waals surface area contributed by atoms with Crippen LogP contribution in [-0.4, -0.2) is 23.5 Å². The van der Waals surface area contributed by atoms with Crippen molar-refractivity contribution in [2.24, 2.45) is 17.3 Å². The first-order chi connectivity index (χ1) is 7.06. The molecule has 0 aromatic heterocycles. The van der Waals surface area contributed by atoms with Crippen molar-refractivity contribution < 1.29 is 14.7 Å². The van der Waals surface area contributed by atoms with Crippen molar-refractivity contribution in [3.8, 4) is 0 Å². The summed E-state index contributed by atoms with van der Waals surface area (Å²) < 4.78 is 0. The quantitative estimate of drug-likeness (QED) is 0.667. The average molecular weight is 211 g/mol. The van der Waals surface area contributed by atoms with Gasteiger partial charge in [0.05, 0.1) is 0 Å². The number of amides is 1. The first-order valence-corrected chi connectivity index (χ1v) is 5.58. The van der Waals surface area contributed by atoms with Gasteiger partial charge in [0, 0.05) is 6.54 Å². The van der Waals surface area contributed by atoms with Crippen molar-refractivity contribution in [1.82, 2.24) is 5.32 Å². The Bertz CT molecular complexity index is 292. The summed E-state index contributed by atoms with van der Waals surface area (Å²) in [5.41, 5.74) is -1.08. The van der Waals surface area contributed by atoms with E-state index in [1.54, 1.807) is 0 Å². The van der Waals surface area contributed by atoms with E-state index in [1.807, 2.05) is 0 Å². The molecular weight excluding hydrogens is 194 g/mol. The lowest BCUT2D eigenvalue weighted by molar-refractivity contribution is -0.149. The molecule has 15 heavy (non-hydrogen) atoms. The predicted molar refractivity (Wildman–Crippen MR) is 54.2 cm³/mol. The van der Waals surface area contributed by atoms with Crippen LogP contribution >= 0.6 is 0 Å². The summed E-state index contributed by atoms with van der Waals surface area (Å²) >= 11 is 0. The smallest absolute Gasteiger partial charge is 0.319 e. The van der Waals surface area contributed by atoms with E-state index in [4.69, 9.17) is 5.11 Å². The van der Waals surface area contributed by atoms with Crippen molar-refractivity contribution in [3.05, 3.63) is 0 Å². The molecule has 0 radical (unpaired) electrons. The van der Waals surface area contributed by atoms with Gasteiger partial charge in [-0.2, -0.15) is 0 Å². The van der Waals surface area contributed by atoms with E-state index in [9.17, 15) is 9.59 Å². The van der Waals surface area contributed by atoms with E-state index in [-0.39, 0.29) is 5.91 Å². The molecular formula is C11H17NO3. The van der Waals surface area contributed by atoms with Crippen LogP contribution < -0.4 is 5.32 Å². The third-order valence-corrected chi connectivity index (χ3v) is 3.61. The molecule has 1 unspecified atom stereocenters. The number of carbonyl (C=O) groups is 2. The van der Waals surface area contributed by atoms with Crippen LogP contribution in [0.3, 0.4) is 0 Å². The second-order valence-corrected chi connectivity index (χ2v) is 4.91. The zero-order valence-corrected chi connectivity index (χ0v) is 8.95. The minimum atomic E-state index is -1.08. The maximum atomic E-state index is 11.6. The highest BCUT2D eigenvalue weighted by molar-refractivity contribution is 6.04. The van der Waals surface area contributed by atoms with Crippen LogP contribution in [0.25, 0.3) is 0 Å². The number of carbonyl (C=O) groups excluding carboxylic acids is 1. The molecule has 0 aliphatic heterocycles. The summed E-state index contributed by atoms with van der Waals surface area (Å²) in [6.45, 7) is 2.73. The molecule has 0 aromatic carbocycles. The number of carboxylic acid groups (broad SMARTS) is 1. The first-order valence-electron chi connectivity index (χ1n) is 5.58. The second kappa shape index (κ2) is 3.51. The zero-order valence-electron chi connectivity index (χ0n) is 8.95. The molecule has 2 saturated carbocycles. The standard InChI is InChI=1S/C11H17NO3/c1-7(8-2-3-8)6-12-9(13)11(4-5-11)10(14)15/h7-8H,2-6H2,1H3,(H,12,13)(H,14,15). The van der Waals surface area contributed by atoms with Crippen LogP contribution in [0.4, 0.5) is 0 Å². The van der Waals surface area contributed by atoms with Crippen LogP contribution in [0, 0.1) is 17.3 Å². The summed E-state index contributed by atoms with van der Waals surface area (Å²) in [5.74, 6) is -0.0367. The molecule has 2 fully saturated rings. The monoisotopic (exact) mass is 211 g/mol. The van der Waals surface area contributed by atoms with E-state index < -0.39 is 11.4 Å². The van der Waals surface area contributed by atoms with Gasteiger partial charge < -0.3 is 10.4 Å². The molecule has 0 saturated heterocycles. The summed E-state index contributed by atoms with van der Waals surface area (Å²) in [7, 11) is 0. The molecule has 2 rings (SSSR count). The highest BCUT2D eigenvalue weighted by atomic mass is 16.4. The predicted octanol–water partition coefficient (Wildman–Crippen LogP) is 1.01. The Hall–Kier alpha value is -1.06. The molecule has 2 aliphatic rings. The SMILES string of the molecule is CC(CNC(=O)C1(C(=O)O)CC1)C1CC1. The van der Waals surface area contributed by atoms with Crippen LogP contribution in [0.5, 0.6) is 0 Å². The minimum Gasteiger partial charge on any atom is -0.480 e. The Morgan fingerprint density at radius 3 is 2.47 bits per heavy atom. The third kappa shape index (κ3) is 1.98. The van der Waals surface area contributed by atoms with Gasteiger partial charge in [0.15, 0.2) is 0 Å². The van der Waals surface area contributed by atoms with E-state index >= 15 is 0 Å². The molecule has 2 aliphatic carbocycles. The first kappa shape index (κ1) is 10.5. The highest BCUT2D eigenvalue weighted by Crippen LogP contribution is 2.46. The maximum Gasteiger partial charge on any atom is 0.319 e. The number of carboxylic acids is 1. The van der Waals surface area contributed by atoms with E-state index in [0.717, 1.165) is 5.92 Å². The molecule has 0 heterocycles.